The molecule has 15 heavy (non-hydrogen) atoms. The predicted octanol–water partition coefficient (Wildman–Crippen LogP) is 5.10. The Balaban J connectivity index is 2.68. The summed E-state index contributed by atoms with van der Waals surface area (Å²) in [6.07, 6.45) is 0. The normalized spacial score (nSPS) is 12.9. The van der Waals surface area contributed by atoms with E-state index in [2.05, 4.69) is 98.3 Å². The van der Waals surface area contributed by atoms with E-state index in [1.54, 1.807) is 0 Å². The Morgan fingerprint density at radius 3 is 2.13 bits per heavy atom. The first-order valence-corrected chi connectivity index (χ1v) is 27.5. The van der Waals surface area contributed by atoms with Gasteiger partial charge >= 0.3 is 127 Å². The van der Waals surface area contributed by atoms with Gasteiger partial charge in [-0.2, -0.15) is 0 Å². The topological polar surface area (TPSA) is 9.23 Å². The van der Waals surface area contributed by atoms with E-state index >= 15 is 0 Å². The Morgan fingerprint density at radius 1 is 1.13 bits per heavy atom. The van der Waals surface area contributed by atoms with Crippen molar-refractivity contribution in [2.75, 3.05) is 6.61 Å². The van der Waals surface area contributed by atoms with Gasteiger partial charge in [0.05, 0.1) is 0 Å². The molecule has 84 valence electrons. The molecule has 0 spiro atoms. The minimum absolute atomic E-state index is 0.116. The number of halogens is 3. The van der Waals surface area contributed by atoms with Gasteiger partial charge in [0.25, 0.3) is 0 Å². The fourth-order valence-electron chi connectivity index (χ4n) is 1.23. The van der Waals surface area contributed by atoms with Crippen molar-refractivity contribution >= 4 is 54.1 Å². The molecule has 0 radical (unpaired) electrons. The molecule has 0 saturated heterocycles. The molecule has 0 aliphatic carbocycles. The van der Waals surface area contributed by atoms with Crippen LogP contribution in [-0.2, 0) is 16.4 Å². The van der Waals surface area contributed by atoms with E-state index in [-0.39, 0.29) is 5.41 Å². The monoisotopic (exact) mass is 620 g/mol. The standard InChI is InChI=1S/C10H13O.3HI.Zr/c1-10(2,8-11)9-6-4-3-5-7-9;;;;/h3-7H,8H2,1-2H3;3*1H;/q-1;;;;+4/p-3. The molecule has 0 unspecified atom stereocenters. The molecule has 0 atom stereocenters. The van der Waals surface area contributed by atoms with Crippen LogP contribution in [0.5, 0.6) is 0 Å². The first kappa shape index (κ1) is 15.3. The zero-order chi connectivity index (χ0) is 11.5. The fourth-order valence-corrected chi connectivity index (χ4v) is 5.29. The van der Waals surface area contributed by atoms with Gasteiger partial charge < -0.3 is 0 Å². The summed E-state index contributed by atoms with van der Waals surface area (Å²) in [5.41, 5.74) is 1.47. The molecule has 0 fully saturated rings. The Kier molecular flexibility index (Phi) is 6.56. The van der Waals surface area contributed by atoms with Crippen molar-refractivity contribution in [1.29, 1.82) is 0 Å². The van der Waals surface area contributed by atoms with Crippen LogP contribution in [-0.4, -0.2) is 6.61 Å². The first-order chi connectivity index (χ1) is 6.81. The summed E-state index contributed by atoms with van der Waals surface area (Å²) in [5, 5.41) is 0. The van der Waals surface area contributed by atoms with Gasteiger partial charge in [-0.15, -0.1) is 0 Å². The zero-order valence-corrected chi connectivity index (χ0v) is 17.6. The summed E-state index contributed by atoms with van der Waals surface area (Å²) in [5.74, 6) is 0. The van der Waals surface area contributed by atoms with Crippen molar-refractivity contribution in [3.63, 3.8) is 0 Å². The Bertz CT molecular complexity index is 308. The second kappa shape index (κ2) is 6.43. The number of rotatable bonds is 4. The summed E-state index contributed by atoms with van der Waals surface area (Å²) in [6.45, 7) is 5.30. The van der Waals surface area contributed by atoms with Gasteiger partial charge in [-0.05, 0) is 0 Å². The third-order valence-corrected chi connectivity index (χ3v) is 8.84. The van der Waals surface area contributed by atoms with E-state index in [9.17, 15) is 0 Å². The molecule has 1 aromatic rings. The van der Waals surface area contributed by atoms with E-state index < -0.39 is 8.14 Å². The number of hydrogen-bond donors (Lipinski definition) is 0. The van der Waals surface area contributed by atoms with Gasteiger partial charge in [0.1, 0.15) is 0 Å². The molecule has 1 aromatic carbocycles. The summed E-state index contributed by atoms with van der Waals surface area (Å²) in [6, 6.07) is 10.6. The van der Waals surface area contributed by atoms with Crippen LogP contribution >= 0.6 is 54.1 Å². The van der Waals surface area contributed by atoms with Crippen LogP contribution in [0.3, 0.4) is 0 Å². The Hall–Kier alpha value is 2.25. The quantitative estimate of drug-likeness (QED) is 0.426. The molecule has 0 bridgehead atoms. The van der Waals surface area contributed by atoms with Crippen molar-refractivity contribution in [2.45, 2.75) is 19.3 Å². The molecule has 0 N–H and O–H groups in total. The van der Waals surface area contributed by atoms with Gasteiger partial charge in [0.2, 0.25) is 0 Å². The van der Waals surface area contributed by atoms with Crippen molar-refractivity contribution < 1.29 is 10.9 Å². The minimum atomic E-state index is -2.17. The molecule has 0 saturated carbocycles. The molecule has 1 nitrogen and oxygen atoms in total. The fraction of sp³-hybridized carbons (Fsp3) is 0.400. The van der Waals surface area contributed by atoms with Gasteiger partial charge in [0.15, 0.2) is 0 Å². The summed E-state index contributed by atoms with van der Waals surface area (Å²) < 4.78 is 6.02. The summed E-state index contributed by atoms with van der Waals surface area (Å²) in [4.78, 5) is 0. The molecule has 0 aromatic heterocycles. The summed E-state index contributed by atoms with van der Waals surface area (Å²) >= 11 is 7.49. The van der Waals surface area contributed by atoms with E-state index in [1.807, 2.05) is 0 Å². The maximum absolute atomic E-state index is 6.02. The van der Waals surface area contributed by atoms with E-state index in [0.717, 1.165) is 6.61 Å². The number of benzene rings is 1. The predicted molar refractivity (Wildman–Crippen MR) is 87.5 cm³/mol. The van der Waals surface area contributed by atoms with Crippen LogP contribution in [0.15, 0.2) is 30.3 Å². The van der Waals surface area contributed by atoms with Crippen LogP contribution in [0.4, 0.5) is 0 Å². The Morgan fingerprint density at radius 2 is 1.67 bits per heavy atom. The van der Waals surface area contributed by atoms with E-state index in [0.29, 0.717) is 0 Å². The summed E-state index contributed by atoms with van der Waals surface area (Å²) in [7, 11) is -2.17. The van der Waals surface area contributed by atoms with Crippen LogP contribution in [0.25, 0.3) is 0 Å². The van der Waals surface area contributed by atoms with Crippen LogP contribution in [0.1, 0.15) is 19.4 Å². The first-order valence-electron chi connectivity index (χ1n) is 4.57. The molecule has 0 amide bonds. The molecule has 1 rings (SSSR count). The maximum atomic E-state index is 6.02. The molecule has 5 heteroatoms. The van der Waals surface area contributed by atoms with Gasteiger partial charge in [-0.1, -0.05) is 0 Å². The van der Waals surface area contributed by atoms with Gasteiger partial charge in [0, 0.05) is 0 Å². The Labute approximate surface area is 124 Å². The second-order valence-corrected chi connectivity index (χ2v) is 70.5. The average molecular weight is 621 g/mol. The van der Waals surface area contributed by atoms with Gasteiger partial charge in [-0.3, -0.25) is 0 Å². The van der Waals surface area contributed by atoms with Crippen molar-refractivity contribution in [3.05, 3.63) is 35.9 Å². The molecule has 0 aliphatic heterocycles. The van der Waals surface area contributed by atoms with Crippen molar-refractivity contribution in [2.24, 2.45) is 0 Å². The molecule has 0 heterocycles. The van der Waals surface area contributed by atoms with Crippen molar-refractivity contribution in [1.82, 2.24) is 0 Å². The van der Waals surface area contributed by atoms with Crippen LogP contribution in [0.2, 0.25) is 0 Å². The van der Waals surface area contributed by atoms with Crippen LogP contribution < -0.4 is 0 Å². The average Bonchev–Trinajstić information content (AvgIpc) is 2.16. The SMILES string of the molecule is CC(C)(C[O][Zr]([I])([I])[I])c1ccccc1. The molecular weight excluding hydrogens is 608 g/mol. The van der Waals surface area contributed by atoms with Crippen molar-refractivity contribution in [3.8, 4) is 0 Å². The number of hydrogen-bond acceptors (Lipinski definition) is 1. The van der Waals surface area contributed by atoms with Crippen LogP contribution in [0, 0.1) is 0 Å². The molecule has 0 aliphatic rings. The third kappa shape index (κ3) is 6.11. The van der Waals surface area contributed by atoms with E-state index in [4.69, 9.17) is 2.81 Å². The third-order valence-electron chi connectivity index (χ3n) is 2.15. The van der Waals surface area contributed by atoms with Gasteiger partial charge in [-0.25, -0.2) is 0 Å². The zero-order valence-electron chi connectivity index (χ0n) is 8.64. The van der Waals surface area contributed by atoms with E-state index in [1.165, 1.54) is 5.56 Å². The molecular formula is C10H13I3OZr. The second-order valence-electron chi connectivity index (χ2n) is 3.98.